The number of rotatable bonds is 4. The molecule has 130 valence electrons. The van der Waals surface area contributed by atoms with Gasteiger partial charge in [-0.15, -0.1) is 0 Å². The van der Waals surface area contributed by atoms with Crippen LogP contribution in [-0.2, 0) is 10.3 Å². The summed E-state index contributed by atoms with van der Waals surface area (Å²) in [6.45, 7) is 2.95. The SMILES string of the molecule is O=C(NC1(c2ccccc2F)CC1)c1cc(N2CCOCC2)ccn1. The largest absolute Gasteiger partial charge is 0.378 e. The van der Waals surface area contributed by atoms with E-state index in [0.717, 1.165) is 31.6 Å². The van der Waals surface area contributed by atoms with E-state index in [1.165, 1.54) is 6.07 Å². The maximum absolute atomic E-state index is 14.1. The smallest absolute Gasteiger partial charge is 0.270 e. The third-order valence-corrected chi connectivity index (χ3v) is 4.84. The molecule has 1 aromatic heterocycles. The van der Waals surface area contributed by atoms with Gasteiger partial charge in [0.25, 0.3) is 5.91 Å². The molecule has 0 bridgehead atoms. The lowest BCUT2D eigenvalue weighted by Gasteiger charge is -2.29. The van der Waals surface area contributed by atoms with E-state index >= 15 is 0 Å². The second-order valence-corrected chi connectivity index (χ2v) is 6.51. The lowest BCUT2D eigenvalue weighted by molar-refractivity contribution is 0.0925. The molecule has 2 aliphatic rings. The Morgan fingerprint density at radius 2 is 1.96 bits per heavy atom. The molecule has 25 heavy (non-hydrogen) atoms. The zero-order valence-electron chi connectivity index (χ0n) is 13.9. The Morgan fingerprint density at radius 3 is 2.68 bits per heavy atom. The van der Waals surface area contributed by atoms with Crippen LogP contribution in [0, 0.1) is 5.82 Å². The minimum atomic E-state index is -0.598. The number of halogens is 1. The quantitative estimate of drug-likeness (QED) is 0.928. The second-order valence-electron chi connectivity index (χ2n) is 6.51. The van der Waals surface area contributed by atoms with Crippen LogP contribution in [0.2, 0.25) is 0 Å². The minimum Gasteiger partial charge on any atom is -0.378 e. The lowest BCUT2D eigenvalue weighted by atomic mass is 10.0. The number of nitrogens with one attached hydrogen (secondary N) is 1. The van der Waals surface area contributed by atoms with E-state index < -0.39 is 5.54 Å². The second kappa shape index (κ2) is 6.44. The van der Waals surface area contributed by atoms with E-state index in [2.05, 4.69) is 15.2 Å². The minimum absolute atomic E-state index is 0.268. The number of amides is 1. The van der Waals surface area contributed by atoms with Crippen molar-refractivity contribution < 1.29 is 13.9 Å². The molecular weight excluding hydrogens is 321 g/mol. The molecule has 1 amide bonds. The van der Waals surface area contributed by atoms with E-state index in [1.807, 2.05) is 6.07 Å². The monoisotopic (exact) mass is 341 g/mol. The van der Waals surface area contributed by atoms with Gasteiger partial charge < -0.3 is 15.0 Å². The van der Waals surface area contributed by atoms with Gasteiger partial charge in [0.1, 0.15) is 11.5 Å². The first-order valence-electron chi connectivity index (χ1n) is 8.54. The average molecular weight is 341 g/mol. The van der Waals surface area contributed by atoms with Gasteiger partial charge in [-0.05, 0) is 31.0 Å². The van der Waals surface area contributed by atoms with Crippen LogP contribution in [0.5, 0.6) is 0 Å². The van der Waals surface area contributed by atoms with Gasteiger partial charge in [0.2, 0.25) is 0 Å². The van der Waals surface area contributed by atoms with Gasteiger partial charge in [0.05, 0.1) is 18.8 Å². The number of aromatic nitrogens is 1. The number of hydrogen-bond acceptors (Lipinski definition) is 4. The summed E-state index contributed by atoms with van der Waals surface area (Å²) in [5.41, 5.74) is 1.26. The number of hydrogen-bond donors (Lipinski definition) is 1. The maximum atomic E-state index is 14.1. The van der Waals surface area contributed by atoms with Crippen molar-refractivity contribution in [1.82, 2.24) is 10.3 Å². The van der Waals surface area contributed by atoms with Crippen molar-refractivity contribution in [2.75, 3.05) is 31.2 Å². The number of pyridine rings is 1. The average Bonchev–Trinajstić information content (AvgIpc) is 3.43. The van der Waals surface area contributed by atoms with E-state index in [9.17, 15) is 9.18 Å². The van der Waals surface area contributed by atoms with Crippen molar-refractivity contribution in [2.24, 2.45) is 0 Å². The van der Waals surface area contributed by atoms with Crippen LogP contribution in [-0.4, -0.2) is 37.2 Å². The van der Waals surface area contributed by atoms with Crippen molar-refractivity contribution in [3.05, 3.63) is 59.7 Å². The van der Waals surface area contributed by atoms with Crippen molar-refractivity contribution in [3.63, 3.8) is 0 Å². The van der Waals surface area contributed by atoms with Crippen LogP contribution in [0.25, 0.3) is 0 Å². The fourth-order valence-corrected chi connectivity index (χ4v) is 3.28. The molecule has 0 unspecified atom stereocenters. The van der Waals surface area contributed by atoms with Gasteiger partial charge in [0.15, 0.2) is 0 Å². The summed E-state index contributed by atoms with van der Waals surface area (Å²) < 4.78 is 19.5. The highest BCUT2D eigenvalue weighted by Gasteiger charge is 2.47. The Balaban J connectivity index is 1.53. The highest BCUT2D eigenvalue weighted by atomic mass is 19.1. The molecule has 1 saturated heterocycles. The van der Waals surface area contributed by atoms with Gasteiger partial charge >= 0.3 is 0 Å². The van der Waals surface area contributed by atoms with Crippen molar-refractivity contribution in [1.29, 1.82) is 0 Å². The Bertz CT molecular complexity index is 786. The number of carbonyl (C=O) groups excluding carboxylic acids is 1. The number of morpholine rings is 1. The van der Waals surface area contributed by atoms with E-state index in [-0.39, 0.29) is 11.7 Å². The molecule has 0 spiro atoms. The van der Waals surface area contributed by atoms with Crippen LogP contribution < -0.4 is 10.2 Å². The van der Waals surface area contributed by atoms with Crippen molar-refractivity contribution in [3.8, 4) is 0 Å². The molecule has 1 N–H and O–H groups in total. The summed E-state index contributed by atoms with van der Waals surface area (Å²) in [7, 11) is 0. The Labute approximate surface area is 145 Å². The first kappa shape index (κ1) is 16.0. The van der Waals surface area contributed by atoms with Crippen LogP contribution in [0.15, 0.2) is 42.6 Å². The zero-order chi connectivity index (χ0) is 17.3. The summed E-state index contributed by atoms with van der Waals surface area (Å²) in [5.74, 6) is -0.550. The number of carbonyl (C=O) groups is 1. The molecule has 1 aromatic carbocycles. The number of nitrogens with zero attached hydrogens (tertiary/aromatic N) is 2. The normalized spacial score (nSPS) is 18.7. The predicted octanol–water partition coefficient (Wildman–Crippen LogP) is 2.48. The van der Waals surface area contributed by atoms with E-state index in [1.54, 1.807) is 30.5 Å². The van der Waals surface area contributed by atoms with Crippen LogP contribution >= 0.6 is 0 Å². The van der Waals surface area contributed by atoms with E-state index in [4.69, 9.17) is 4.74 Å². The van der Waals surface area contributed by atoms with Crippen molar-refractivity contribution in [2.45, 2.75) is 18.4 Å². The van der Waals surface area contributed by atoms with Crippen LogP contribution in [0.4, 0.5) is 10.1 Å². The molecule has 2 aromatic rings. The molecular formula is C19H20FN3O2. The summed E-state index contributed by atoms with van der Waals surface area (Å²) in [6, 6.07) is 10.3. The fraction of sp³-hybridized carbons (Fsp3) is 0.368. The molecule has 1 aliphatic carbocycles. The van der Waals surface area contributed by atoms with Gasteiger partial charge in [-0.1, -0.05) is 18.2 Å². The molecule has 2 heterocycles. The summed E-state index contributed by atoms with van der Waals surface area (Å²) in [5, 5.41) is 2.99. The molecule has 2 fully saturated rings. The molecule has 0 radical (unpaired) electrons. The fourth-order valence-electron chi connectivity index (χ4n) is 3.28. The summed E-state index contributed by atoms with van der Waals surface area (Å²) >= 11 is 0. The Kier molecular flexibility index (Phi) is 4.13. The van der Waals surface area contributed by atoms with Crippen LogP contribution in [0.3, 0.4) is 0 Å². The maximum Gasteiger partial charge on any atom is 0.270 e. The summed E-state index contributed by atoms with van der Waals surface area (Å²) in [6.07, 6.45) is 3.12. The first-order valence-corrected chi connectivity index (χ1v) is 8.54. The topological polar surface area (TPSA) is 54.5 Å². The molecule has 1 saturated carbocycles. The molecule has 1 aliphatic heterocycles. The third kappa shape index (κ3) is 3.22. The van der Waals surface area contributed by atoms with Gasteiger partial charge in [-0.2, -0.15) is 0 Å². The highest BCUT2D eigenvalue weighted by molar-refractivity contribution is 5.94. The summed E-state index contributed by atoms with van der Waals surface area (Å²) in [4.78, 5) is 19.1. The lowest BCUT2D eigenvalue weighted by Crippen LogP contribution is -2.37. The van der Waals surface area contributed by atoms with Gasteiger partial charge in [0, 0.05) is 30.5 Å². The predicted molar refractivity (Wildman–Crippen MR) is 92.0 cm³/mol. The molecule has 4 rings (SSSR count). The molecule has 5 nitrogen and oxygen atoms in total. The van der Waals surface area contributed by atoms with Gasteiger partial charge in [-0.25, -0.2) is 4.39 Å². The number of anilines is 1. The first-order chi connectivity index (χ1) is 12.2. The number of benzene rings is 1. The van der Waals surface area contributed by atoms with E-state index in [0.29, 0.717) is 24.5 Å². The standard InChI is InChI=1S/C19H20FN3O2/c20-16-4-2-1-3-15(16)19(6-7-19)22-18(24)17-13-14(5-8-21-17)23-9-11-25-12-10-23/h1-5,8,13H,6-7,9-12H2,(H,22,24). The highest BCUT2D eigenvalue weighted by Crippen LogP contribution is 2.46. The molecule has 6 heteroatoms. The van der Waals surface area contributed by atoms with Crippen molar-refractivity contribution >= 4 is 11.6 Å². The number of ether oxygens (including phenoxy) is 1. The molecule has 0 atom stereocenters. The Morgan fingerprint density at radius 1 is 1.20 bits per heavy atom. The zero-order valence-corrected chi connectivity index (χ0v) is 13.9. The van der Waals surface area contributed by atoms with Gasteiger partial charge in [-0.3, -0.25) is 9.78 Å². The third-order valence-electron chi connectivity index (χ3n) is 4.84. The Hall–Kier alpha value is -2.47. The van der Waals surface area contributed by atoms with Crippen LogP contribution in [0.1, 0.15) is 28.9 Å².